The number of hydrogen-bond donors (Lipinski definition) is 0. The Morgan fingerprint density at radius 1 is 0.300 bits per heavy atom. The fraction of sp³-hybridized carbons (Fsp3) is 0.214. The van der Waals surface area contributed by atoms with E-state index in [0.29, 0.717) is 0 Å². The van der Waals surface area contributed by atoms with Gasteiger partial charge < -0.3 is 9.80 Å². The molecule has 0 unspecified atom stereocenters. The maximum atomic E-state index is 4.69. The summed E-state index contributed by atoms with van der Waals surface area (Å²) >= 11 is 0. The van der Waals surface area contributed by atoms with Gasteiger partial charge in [-0.1, -0.05) is 97.1 Å². The van der Waals surface area contributed by atoms with Crippen molar-refractivity contribution in [3.63, 3.8) is 0 Å². The molecule has 4 nitrogen and oxygen atoms in total. The van der Waals surface area contributed by atoms with Gasteiger partial charge in [-0.15, -0.1) is 0 Å². The molecule has 5 heterocycles. The average Bonchev–Trinajstić information content (AvgIpc) is 3.32. The van der Waals surface area contributed by atoms with Crippen LogP contribution in [0.25, 0.3) is 77.8 Å². The van der Waals surface area contributed by atoms with Gasteiger partial charge in [-0.3, -0.25) is 9.97 Å². The lowest BCUT2D eigenvalue weighted by Gasteiger charge is -2.37. The van der Waals surface area contributed by atoms with Crippen LogP contribution in [0, 0.1) is 0 Å². The van der Waals surface area contributed by atoms with Crippen molar-refractivity contribution in [1.29, 1.82) is 0 Å². The molecule has 0 fully saturated rings. The lowest BCUT2D eigenvalue weighted by molar-refractivity contribution is 0.634. The van der Waals surface area contributed by atoms with Crippen LogP contribution in [0.5, 0.6) is 0 Å². The summed E-state index contributed by atoms with van der Waals surface area (Å²) < 4.78 is 0. The van der Waals surface area contributed by atoms with E-state index in [-0.39, 0.29) is 0 Å². The van der Waals surface area contributed by atoms with Crippen LogP contribution in [0.2, 0.25) is 0 Å². The van der Waals surface area contributed by atoms with Gasteiger partial charge in [0.2, 0.25) is 0 Å². The van der Waals surface area contributed by atoms with E-state index in [1.165, 1.54) is 167 Å². The quantitative estimate of drug-likeness (QED) is 0.168. The topological polar surface area (TPSA) is 32.3 Å². The molecule has 4 aliphatic heterocycles. The van der Waals surface area contributed by atoms with Gasteiger partial charge in [-0.05, 0) is 177 Å². The molecule has 0 bridgehead atoms. The summed E-state index contributed by atoms with van der Waals surface area (Å²) in [6, 6.07) is 50.6. The van der Waals surface area contributed by atoms with E-state index in [1.807, 2.05) is 0 Å². The monoisotopic (exact) mass is 776 g/mol. The minimum Gasteiger partial charge on any atom is -0.371 e. The molecule has 12 rings (SSSR count). The third-order valence-electron chi connectivity index (χ3n) is 13.8. The van der Waals surface area contributed by atoms with Gasteiger partial charge in [-0.2, -0.15) is 0 Å². The van der Waals surface area contributed by atoms with E-state index in [0.717, 1.165) is 22.2 Å². The molecule has 0 saturated heterocycles. The molecule has 1 aromatic heterocycles. The predicted molar refractivity (Wildman–Crippen MR) is 250 cm³/mol. The summed E-state index contributed by atoms with van der Waals surface area (Å²) in [6.45, 7) is 4.84. The van der Waals surface area contributed by atoms with Crippen molar-refractivity contribution in [3.05, 3.63) is 168 Å². The third-order valence-corrected chi connectivity index (χ3v) is 13.8. The molecule has 0 saturated carbocycles. The predicted octanol–water partition coefficient (Wildman–Crippen LogP) is 13.0. The van der Waals surface area contributed by atoms with Gasteiger partial charge in [-0.25, -0.2) is 0 Å². The summed E-state index contributed by atoms with van der Waals surface area (Å²) in [4.78, 5) is 14.6. The SMILES string of the molecule is c1cnc2cc(-c3ccc(-c4ccc(-c5cc6c7c(c5)CCCN7CCC6)cc4)cc3)c(-c3ccc(-c4ccc(-c5cc6c7c(c5)CCCN7CCC6)cc4)cc3)cc2n1. The Balaban J connectivity index is 0.813. The lowest BCUT2D eigenvalue weighted by atomic mass is 9.88. The summed E-state index contributed by atoms with van der Waals surface area (Å²) in [5.74, 6) is 0. The van der Waals surface area contributed by atoms with Gasteiger partial charge in [0, 0.05) is 49.9 Å². The van der Waals surface area contributed by atoms with E-state index in [2.05, 4.69) is 143 Å². The molecular weight excluding hydrogens is 729 g/mol. The molecule has 292 valence electrons. The molecule has 0 spiro atoms. The van der Waals surface area contributed by atoms with E-state index in [9.17, 15) is 0 Å². The van der Waals surface area contributed by atoms with Crippen molar-refractivity contribution in [1.82, 2.24) is 9.97 Å². The molecule has 8 aromatic rings. The largest absolute Gasteiger partial charge is 0.371 e. The first-order valence-electron chi connectivity index (χ1n) is 22.2. The second kappa shape index (κ2) is 14.6. The molecule has 60 heavy (non-hydrogen) atoms. The highest BCUT2D eigenvalue weighted by atomic mass is 15.1. The standard InChI is InChI=1S/C56H48N4/c1-5-45-31-49(32-46-6-2-28-59(27-1)55(45)46)41-13-9-37(10-14-41)39-17-21-43(22-18-39)51-35-53-54(58-26-25-57-53)36-52(51)44-23-19-40(20-24-44)38-11-15-42(16-12-38)50-33-47-7-3-29-60-30-4-8-48(34-50)56(47)60/h9-26,31-36H,1-8,27-30H2. The Bertz CT molecular complexity index is 2650. The second-order valence-electron chi connectivity index (χ2n) is 17.4. The lowest BCUT2D eigenvalue weighted by Crippen LogP contribution is -2.34. The van der Waals surface area contributed by atoms with Crippen LogP contribution >= 0.6 is 0 Å². The fourth-order valence-electron chi connectivity index (χ4n) is 10.8. The van der Waals surface area contributed by atoms with E-state index < -0.39 is 0 Å². The number of aryl methyl sites for hydroxylation is 4. The van der Waals surface area contributed by atoms with Crippen LogP contribution < -0.4 is 9.80 Å². The zero-order valence-electron chi connectivity index (χ0n) is 34.1. The van der Waals surface area contributed by atoms with Gasteiger partial charge >= 0.3 is 0 Å². The van der Waals surface area contributed by atoms with Crippen molar-refractivity contribution in [2.75, 3.05) is 36.0 Å². The third kappa shape index (κ3) is 6.28. The summed E-state index contributed by atoms with van der Waals surface area (Å²) in [7, 11) is 0. The molecule has 0 amide bonds. The Morgan fingerprint density at radius 3 is 0.867 bits per heavy atom. The van der Waals surface area contributed by atoms with Crippen molar-refractivity contribution in [3.8, 4) is 66.8 Å². The number of rotatable bonds is 6. The minimum atomic E-state index is 0.900. The van der Waals surface area contributed by atoms with Crippen molar-refractivity contribution in [2.45, 2.75) is 51.4 Å². The van der Waals surface area contributed by atoms with E-state index in [4.69, 9.17) is 9.97 Å². The molecule has 7 aromatic carbocycles. The van der Waals surface area contributed by atoms with Crippen LogP contribution in [0.3, 0.4) is 0 Å². The van der Waals surface area contributed by atoms with Gasteiger partial charge in [0.1, 0.15) is 0 Å². The number of benzene rings is 7. The Kier molecular flexibility index (Phi) is 8.64. The Labute approximate surface area is 353 Å². The van der Waals surface area contributed by atoms with Crippen molar-refractivity contribution < 1.29 is 0 Å². The zero-order chi connectivity index (χ0) is 39.6. The first kappa shape index (κ1) is 35.4. The van der Waals surface area contributed by atoms with Crippen LogP contribution in [0.15, 0.2) is 146 Å². The molecule has 0 aliphatic carbocycles. The van der Waals surface area contributed by atoms with Gasteiger partial charge in [0.25, 0.3) is 0 Å². The molecule has 4 aliphatic rings. The first-order valence-corrected chi connectivity index (χ1v) is 22.2. The molecule has 0 N–H and O–H groups in total. The summed E-state index contributed by atoms with van der Waals surface area (Å²) in [5, 5.41) is 0. The highest BCUT2D eigenvalue weighted by Crippen LogP contribution is 2.42. The molecular formula is C56H48N4. The molecule has 0 radical (unpaired) electrons. The van der Waals surface area contributed by atoms with Crippen LogP contribution in [0.4, 0.5) is 11.4 Å². The first-order chi connectivity index (χ1) is 29.7. The number of anilines is 2. The van der Waals surface area contributed by atoms with Gasteiger partial charge in [0.15, 0.2) is 0 Å². The smallest absolute Gasteiger partial charge is 0.0893 e. The van der Waals surface area contributed by atoms with Crippen LogP contribution in [-0.4, -0.2) is 36.1 Å². The van der Waals surface area contributed by atoms with Crippen LogP contribution in [-0.2, 0) is 25.7 Å². The number of nitrogens with zero attached hydrogens (tertiary/aromatic N) is 4. The highest BCUT2D eigenvalue weighted by Gasteiger charge is 2.26. The molecule has 4 heteroatoms. The minimum absolute atomic E-state index is 0.900. The second-order valence-corrected chi connectivity index (χ2v) is 17.4. The fourth-order valence-corrected chi connectivity index (χ4v) is 10.8. The summed E-state index contributed by atoms with van der Waals surface area (Å²) in [5.41, 5.74) is 25.9. The number of aromatic nitrogens is 2. The molecule has 0 atom stereocenters. The average molecular weight is 777 g/mol. The van der Waals surface area contributed by atoms with E-state index >= 15 is 0 Å². The zero-order valence-corrected chi connectivity index (χ0v) is 34.1. The highest BCUT2D eigenvalue weighted by molar-refractivity contribution is 5.94. The maximum absolute atomic E-state index is 4.69. The number of fused-ring (bicyclic) bond motifs is 1. The van der Waals surface area contributed by atoms with E-state index in [1.54, 1.807) is 12.4 Å². The van der Waals surface area contributed by atoms with Crippen LogP contribution in [0.1, 0.15) is 47.9 Å². The van der Waals surface area contributed by atoms with Gasteiger partial charge in [0.05, 0.1) is 11.0 Å². The number of hydrogen-bond acceptors (Lipinski definition) is 4. The summed E-state index contributed by atoms with van der Waals surface area (Å²) in [6.07, 6.45) is 13.4. The van der Waals surface area contributed by atoms with Crippen molar-refractivity contribution in [2.24, 2.45) is 0 Å². The Hall–Kier alpha value is -6.52. The van der Waals surface area contributed by atoms with Crippen molar-refractivity contribution >= 4 is 22.4 Å². The normalized spacial score (nSPS) is 15.5. The Morgan fingerprint density at radius 2 is 0.567 bits per heavy atom. The maximum Gasteiger partial charge on any atom is 0.0893 e.